The molecule has 8 nitrogen and oxygen atoms in total. The van der Waals surface area contributed by atoms with Crippen molar-refractivity contribution in [2.75, 3.05) is 18.4 Å². The largest absolute Gasteiger partial charge is 0.364 e. The first kappa shape index (κ1) is 14.7. The molecule has 1 fully saturated rings. The first-order valence-corrected chi connectivity index (χ1v) is 7.84. The van der Waals surface area contributed by atoms with Gasteiger partial charge < -0.3 is 11.1 Å². The Morgan fingerprint density at radius 1 is 1.45 bits per heavy atom. The Morgan fingerprint density at radius 3 is 3.00 bits per heavy atom. The van der Waals surface area contributed by atoms with E-state index in [4.69, 9.17) is 5.73 Å². The average Bonchev–Trinajstić information content (AvgIpc) is 3.17. The zero-order chi connectivity index (χ0) is 15.5. The number of piperidine rings is 1. The Labute approximate surface area is 130 Å². The Bertz CT molecular complexity index is 688. The first-order valence-electron chi connectivity index (χ1n) is 6.96. The van der Waals surface area contributed by atoms with Crippen LogP contribution in [0.4, 0.5) is 5.13 Å². The van der Waals surface area contributed by atoms with E-state index >= 15 is 0 Å². The number of primary amides is 1. The van der Waals surface area contributed by atoms with Crippen molar-refractivity contribution in [1.82, 2.24) is 20.1 Å². The third kappa shape index (κ3) is 3.15. The highest BCUT2D eigenvalue weighted by atomic mass is 32.1. The molecule has 0 spiro atoms. The van der Waals surface area contributed by atoms with E-state index < -0.39 is 5.91 Å². The summed E-state index contributed by atoms with van der Waals surface area (Å²) in [6.45, 7) is 1.88. The van der Waals surface area contributed by atoms with Gasteiger partial charge in [0.05, 0.1) is 6.04 Å². The molecule has 3 rings (SSSR count). The molecule has 0 radical (unpaired) electrons. The molecule has 1 unspecified atom stereocenters. The average molecular weight is 320 g/mol. The summed E-state index contributed by atoms with van der Waals surface area (Å²) in [7, 11) is 0. The fourth-order valence-corrected chi connectivity index (χ4v) is 3.02. The summed E-state index contributed by atoms with van der Waals surface area (Å²) < 4.78 is 1.82. The first-order chi connectivity index (χ1) is 10.6. The van der Waals surface area contributed by atoms with E-state index in [1.165, 1.54) is 5.38 Å². The van der Waals surface area contributed by atoms with Crippen LogP contribution in [0.1, 0.15) is 39.9 Å². The van der Waals surface area contributed by atoms with Crippen LogP contribution in [0.15, 0.2) is 17.6 Å². The Morgan fingerprint density at radius 2 is 2.32 bits per heavy atom. The van der Waals surface area contributed by atoms with E-state index in [0.29, 0.717) is 10.8 Å². The molecule has 3 heterocycles. The molecular weight excluding hydrogens is 304 g/mol. The minimum atomic E-state index is -0.620. The monoisotopic (exact) mass is 320 g/mol. The quantitative estimate of drug-likeness (QED) is 0.763. The van der Waals surface area contributed by atoms with Gasteiger partial charge in [-0.1, -0.05) is 0 Å². The number of nitrogens with zero attached hydrogens (tertiary/aromatic N) is 3. The summed E-state index contributed by atoms with van der Waals surface area (Å²) in [4.78, 5) is 27.1. The molecule has 2 aromatic heterocycles. The van der Waals surface area contributed by atoms with Crippen molar-refractivity contribution >= 4 is 28.3 Å². The number of carbonyl (C=O) groups is 2. The summed E-state index contributed by atoms with van der Waals surface area (Å²) in [6.07, 6.45) is 3.95. The minimum Gasteiger partial charge on any atom is -0.364 e. The maximum Gasteiger partial charge on any atom is 0.277 e. The number of hydrogen-bond acceptors (Lipinski definition) is 6. The molecule has 0 aliphatic carbocycles. The third-order valence-corrected chi connectivity index (χ3v) is 4.22. The second-order valence-corrected chi connectivity index (χ2v) is 5.90. The molecule has 4 N–H and O–H groups in total. The van der Waals surface area contributed by atoms with Crippen molar-refractivity contribution < 1.29 is 9.59 Å². The number of hydrogen-bond donors (Lipinski definition) is 3. The molecular formula is C13H16N6O2S. The molecule has 2 aromatic rings. The molecule has 1 aliphatic rings. The normalized spacial score (nSPS) is 18.1. The van der Waals surface area contributed by atoms with Crippen molar-refractivity contribution in [2.45, 2.75) is 18.9 Å². The predicted octanol–water partition coefficient (Wildman–Crippen LogP) is 0.615. The lowest BCUT2D eigenvalue weighted by atomic mass is 10.1. The summed E-state index contributed by atoms with van der Waals surface area (Å²) in [6, 6.07) is 1.95. The van der Waals surface area contributed by atoms with Gasteiger partial charge in [0.1, 0.15) is 5.69 Å². The number of anilines is 1. The minimum absolute atomic E-state index is 0.138. The van der Waals surface area contributed by atoms with Crippen molar-refractivity contribution in [1.29, 1.82) is 0 Å². The lowest BCUT2D eigenvalue weighted by Crippen LogP contribution is -2.32. The van der Waals surface area contributed by atoms with Crippen molar-refractivity contribution in [3.05, 3.63) is 29.0 Å². The van der Waals surface area contributed by atoms with Crippen LogP contribution in [0.3, 0.4) is 0 Å². The summed E-state index contributed by atoms with van der Waals surface area (Å²) in [5.74, 6) is -0.973. The van der Waals surface area contributed by atoms with E-state index in [1.54, 1.807) is 6.07 Å². The number of amides is 2. The molecule has 116 valence electrons. The van der Waals surface area contributed by atoms with Gasteiger partial charge >= 0.3 is 0 Å². The molecule has 1 atom stereocenters. The molecule has 0 bridgehead atoms. The van der Waals surface area contributed by atoms with Gasteiger partial charge in [-0.05, 0) is 25.5 Å². The maximum atomic E-state index is 12.1. The lowest BCUT2D eigenvalue weighted by Gasteiger charge is -2.22. The van der Waals surface area contributed by atoms with Crippen LogP contribution in [-0.4, -0.2) is 39.7 Å². The van der Waals surface area contributed by atoms with Gasteiger partial charge in [0.25, 0.3) is 11.8 Å². The topological polar surface area (TPSA) is 115 Å². The van der Waals surface area contributed by atoms with Crippen LogP contribution >= 0.6 is 11.3 Å². The van der Waals surface area contributed by atoms with Crippen LogP contribution < -0.4 is 16.4 Å². The second kappa shape index (κ2) is 6.24. The van der Waals surface area contributed by atoms with Crippen molar-refractivity contribution in [3.63, 3.8) is 0 Å². The van der Waals surface area contributed by atoms with Crippen LogP contribution in [0.5, 0.6) is 0 Å². The van der Waals surface area contributed by atoms with Crippen LogP contribution in [0.25, 0.3) is 0 Å². The number of carbonyl (C=O) groups excluding carboxylic acids is 2. The third-order valence-electron chi connectivity index (χ3n) is 3.46. The van der Waals surface area contributed by atoms with Crippen molar-refractivity contribution in [3.8, 4) is 0 Å². The Hall–Kier alpha value is -2.26. The van der Waals surface area contributed by atoms with Gasteiger partial charge in [-0.3, -0.25) is 19.6 Å². The van der Waals surface area contributed by atoms with Gasteiger partial charge in [-0.2, -0.15) is 5.10 Å². The van der Waals surface area contributed by atoms with Gasteiger partial charge in [0.2, 0.25) is 0 Å². The standard InChI is InChI=1S/C13H16N6O2S/c14-11(20)10-7-22-13(16-10)17-12(21)9-3-5-19(18-9)8-2-1-4-15-6-8/h3,5,7-8,15H,1-2,4,6H2,(H2,14,20)(H,16,17,21). The van der Waals surface area contributed by atoms with Gasteiger partial charge in [-0.25, -0.2) is 4.98 Å². The summed E-state index contributed by atoms with van der Waals surface area (Å²) >= 11 is 1.15. The van der Waals surface area contributed by atoms with Gasteiger partial charge in [0, 0.05) is 18.1 Å². The Balaban J connectivity index is 1.66. The predicted molar refractivity (Wildman–Crippen MR) is 82.0 cm³/mol. The highest BCUT2D eigenvalue weighted by molar-refractivity contribution is 7.14. The molecule has 2 amide bonds. The fourth-order valence-electron chi connectivity index (χ4n) is 2.33. The van der Waals surface area contributed by atoms with Gasteiger partial charge in [-0.15, -0.1) is 11.3 Å². The van der Waals surface area contributed by atoms with Crippen LogP contribution in [0, 0.1) is 0 Å². The summed E-state index contributed by atoms with van der Waals surface area (Å²) in [5.41, 5.74) is 5.58. The lowest BCUT2D eigenvalue weighted by molar-refractivity contribution is 0.0991. The van der Waals surface area contributed by atoms with Crippen LogP contribution in [-0.2, 0) is 0 Å². The molecule has 22 heavy (non-hydrogen) atoms. The van der Waals surface area contributed by atoms with E-state index in [9.17, 15) is 9.59 Å². The van der Waals surface area contributed by atoms with E-state index in [0.717, 1.165) is 37.3 Å². The second-order valence-electron chi connectivity index (χ2n) is 5.04. The molecule has 1 saturated heterocycles. The number of nitrogens with two attached hydrogens (primary N) is 1. The molecule has 1 aliphatic heterocycles. The van der Waals surface area contributed by atoms with E-state index in [-0.39, 0.29) is 17.6 Å². The SMILES string of the molecule is NC(=O)c1csc(NC(=O)c2ccn(C3CCCNC3)n2)n1. The molecule has 9 heteroatoms. The maximum absolute atomic E-state index is 12.1. The number of aromatic nitrogens is 3. The Kier molecular flexibility index (Phi) is 4.16. The summed E-state index contributed by atoms with van der Waals surface area (Å²) in [5, 5.41) is 12.1. The number of nitrogens with one attached hydrogen (secondary N) is 2. The van der Waals surface area contributed by atoms with Crippen LogP contribution in [0.2, 0.25) is 0 Å². The fraction of sp³-hybridized carbons (Fsp3) is 0.385. The molecule has 0 saturated carbocycles. The highest BCUT2D eigenvalue weighted by Crippen LogP contribution is 2.18. The highest BCUT2D eigenvalue weighted by Gasteiger charge is 2.18. The zero-order valence-electron chi connectivity index (χ0n) is 11.8. The molecule has 0 aromatic carbocycles. The van der Waals surface area contributed by atoms with E-state index in [1.807, 2.05) is 10.9 Å². The van der Waals surface area contributed by atoms with E-state index in [2.05, 4.69) is 20.7 Å². The zero-order valence-corrected chi connectivity index (χ0v) is 12.6. The van der Waals surface area contributed by atoms with Crippen molar-refractivity contribution in [2.24, 2.45) is 5.73 Å². The van der Waals surface area contributed by atoms with Gasteiger partial charge in [0.15, 0.2) is 10.8 Å². The number of thiazole rings is 1. The smallest absolute Gasteiger partial charge is 0.277 e. The number of rotatable bonds is 4.